The van der Waals surface area contributed by atoms with Gasteiger partial charge in [-0.3, -0.25) is 47.4 Å². The van der Waals surface area contributed by atoms with Crippen molar-refractivity contribution in [3.63, 3.8) is 0 Å². The van der Waals surface area contributed by atoms with Crippen LogP contribution in [0.1, 0.15) is 142 Å². The molecule has 6 heterocycles. The number of alkyl halides is 4. The molecule has 0 radical (unpaired) electrons. The molecule has 16 nitrogen and oxygen atoms in total. The fraction of sp³-hybridized carbons (Fsp3) is 0.745. The Morgan fingerprint density at radius 3 is 1.04 bits per heavy atom. The van der Waals surface area contributed by atoms with Crippen LogP contribution in [-0.2, 0) is 14.2 Å². The minimum Gasteiger partial charge on any atom is -0.388 e. The average Bonchev–Trinajstić information content (AvgIpc) is 3.79. The minimum atomic E-state index is -1.00. The summed E-state index contributed by atoms with van der Waals surface area (Å²) in [6, 6.07) is 3.83. The molecule has 390 valence electrons. The van der Waals surface area contributed by atoms with Crippen LogP contribution in [0, 0.1) is 11.8 Å². The van der Waals surface area contributed by atoms with Crippen LogP contribution in [0.5, 0.6) is 0 Å². The number of nitrogens with zero attached hydrogens (tertiary/aromatic N) is 3. The molecular formula is C47H80Cl3FN6O10Si. The van der Waals surface area contributed by atoms with Gasteiger partial charge in [0.2, 0.25) is 0 Å². The van der Waals surface area contributed by atoms with Gasteiger partial charge in [-0.15, -0.1) is 34.8 Å². The summed E-state index contributed by atoms with van der Waals surface area (Å²) in [4.78, 5) is 75.3. The molecule has 3 aromatic heterocycles. The quantitative estimate of drug-likeness (QED) is 0.118. The molecule has 0 amide bonds. The highest BCUT2D eigenvalue weighted by atomic mass is 35.5. The Kier molecular flexibility index (Phi) is 23.2. The number of rotatable bonds is 9. The normalized spacial score (nSPS) is 26.8. The van der Waals surface area contributed by atoms with Gasteiger partial charge in [0.05, 0.1) is 36.1 Å². The van der Waals surface area contributed by atoms with E-state index in [0.29, 0.717) is 17.9 Å². The Morgan fingerprint density at radius 2 is 0.853 bits per heavy atom. The van der Waals surface area contributed by atoms with Crippen molar-refractivity contribution in [2.45, 2.75) is 205 Å². The number of hydrogen-bond donors (Lipinski definition) is 4. The Bertz CT molecular complexity index is 2150. The van der Waals surface area contributed by atoms with Gasteiger partial charge >= 0.3 is 17.1 Å². The molecule has 3 fully saturated rings. The molecule has 3 aliphatic rings. The van der Waals surface area contributed by atoms with Crippen molar-refractivity contribution >= 4 is 42.9 Å². The average molecular weight is 1040 g/mol. The predicted octanol–water partition coefficient (Wildman–Crippen LogP) is 8.67. The number of aliphatic hydroxyl groups is 1. The van der Waals surface area contributed by atoms with Crippen LogP contribution in [-0.4, -0.2) is 88.0 Å². The minimum absolute atomic E-state index is 0. The van der Waals surface area contributed by atoms with E-state index in [4.69, 9.17) is 50.4 Å². The Labute approximate surface area is 417 Å². The highest BCUT2D eigenvalue weighted by Crippen LogP contribution is 2.49. The number of hydrogen-bond acceptors (Lipinski definition) is 10. The van der Waals surface area contributed by atoms with Crippen molar-refractivity contribution in [1.29, 1.82) is 0 Å². The number of aromatic amines is 3. The van der Waals surface area contributed by atoms with Crippen LogP contribution in [0.15, 0.2) is 65.6 Å². The first-order chi connectivity index (χ1) is 31.5. The predicted molar refractivity (Wildman–Crippen MR) is 274 cm³/mol. The molecule has 0 bridgehead atoms. The van der Waals surface area contributed by atoms with Crippen molar-refractivity contribution < 1.29 is 25.1 Å². The number of aliphatic hydroxyl groups excluding tert-OH is 1. The Balaban J connectivity index is 0.000000464. The molecule has 3 saturated heterocycles. The van der Waals surface area contributed by atoms with E-state index in [1.807, 2.05) is 27.7 Å². The van der Waals surface area contributed by atoms with Gasteiger partial charge in [-0.25, -0.2) is 14.4 Å². The second kappa shape index (κ2) is 25.8. The molecule has 6 rings (SSSR count). The SMILES string of the molecule is C.CC(C)(C)[Si](C)(C)C.CCC1(CC)O[C@@H](n2ccc(=O)[nH]c2=O)[C@H](Cl)[C@@H]1C.CCC1(CC)O[C@@H](n2ccc(=O)[nH]c2=O)[C@H](Cl)[C@@H]1C.CCC1(CC)O[C@@H](n2ccc(=O)[nH]c2=O)[C@H](Cl)[C@@H]1O.[2H]CF. The standard InChI is InChI=1S/2C13H19ClN2O3.C12H17ClN2O4.C7H18Si.CH3F.CH4/c2*1-4-13(5-2)8(3)10(14)11(19-13)16-7-6-9(17)15-12(16)18;1-3-12(4-2)9(17)8(13)10(19-12)15-6-5-7(16)14-11(15)18;1-7(2,3)8(4,5)6;1-2;/h2*6-8,10-11H,4-5H2,1-3H3,(H,15,17,18);5-6,8-10,17H,3-4H2,1-2H3,(H,14,16,18);1-6H3;1H3;1H4/t2*8-,10+,11+;8-,9+,10-;;;/m001.../s1/i;;;;1D;. The fourth-order valence-electron chi connectivity index (χ4n) is 8.19. The van der Waals surface area contributed by atoms with Crippen molar-refractivity contribution in [2.75, 3.05) is 7.15 Å². The van der Waals surface area contributed by atoms with Gasteiger partial charge in [0.25, 0.3) is 16.7 Å². The summed E-state index contributed by atoms with van der Waals surface area (Å²) in [5.74, 6) is 0.265. The molecule has 0 aromatic carbocycles. The van der Waals surface area contributed by atoms with Gasteiger partial charge in [-0.2, -0.15) is 0 Å². The van der Waals surface area contributed by atoms with Crippen molar-refractivity contribution in [2.24, 2.45) is 11.8 Å². The number of aromatic nitrogens is 6. The lowest BCUT2D eigenvalue weighted by atomic mass is 9.84. The summed E-state index contributed by atoms with van der Waals surface area (Å²) in [7, 11) is -1.86. The largest absolute Gasteiger partial charge is 0.388 e. The van der Waals surface area contributed by atoms with E-state index < -0.39 is 84.7 Å². The maximum absolute atomic E-state index is 11.8. The second-order valence-electron chi connectivity index (χ2n) is 19.2. The van der Waals surface area contributed by atoms with Crippen LogP contribution in [0.2, 0.25) is 24.7 Å². The zero-order chi connectivity index (χ0) is 52.3. The zero-order valence-corrected chi connectivity index (χ0v) is 44.9. The highest BCUT2D eigenvalue weighted by molar-refractivity contribution is 6.78. The maximum Gasteiger partial charge on any atom is 0.330 e. The smallest absolute Gasteiger partial charge is 0.330 e. The Hall–Kier alpha value is -3.10. The van der Waals surface area contributed by atoms with E-state index in [1.54, 1.807) is 0 Å². The van der Waals surface area contributed by atoms with E-state index in [2.05, 4.69) is 83.1 Å². The summed E-state index contributed by atoms with van der Waals surface area (Å²) < 4.78 is 37.4. The maximum atomic E-state index is 11.8. The van der Waals surface area contributed by atoms with E-state index in [9.17, 15) is 38.3 Å². The van der Waals surface area contributed by atoms with Gasteiger partial charge in [-0.1, -0.05) is 103 Å². The molecule has 0 aliphatic carbocycles. The molecule has 21 heteroatoms. The monoisotopic (exact) mass is 1040 g/mol. The molecule has 0 unspecified atom stereocenters. The van der Waals surface area contributed by atoms with E-state index in [-0.39, 0.29) is 41.2 Å². The van der Waals surface area contributed by atoms with E-state index in [1.165, 1.54) is 50.5 Å². The molecule has 4 N–H and O–H groups in total. The lowest BCUT2D eigenvalue weighted by Gasteiger charge is -2.32. The van der Waals surface area contributed by atoms with E-state index in [0.717, 1.165) is 25.7 Å². The lowest BCUT2D eigenvalue weighted by Crippen LogP contribution is -2.40. The molecule has 0 spiro atoms. The number of ether oxygens (including phenoxy) is 3. The molecule has 9 atom stereocenters. The summed E-state index contributed by atoms with van der Waals surface area (Å²) >= 11 is 19.1. The van der Waals surface area contributed by atoms with Crippen molar-refractivity contribution in [3.8, 4) is 0 Å². The van der Waals surface area contributed by atoms with Gasteiger partial charge in [0.15, 0.2) is 18.7 Å². The summed E-state index contributed by atoms with van der Waals surface area (Å²) in [5.41, 5.74) is -4.28. The van der Waals surface area contributed by atoms with Gasteiger partial charge in [0.1, 0.15) is 11.5 Å². The second-order valence-corrected chi connectivity index (χ2v) is 26.8. The third-order valence-electron chi connectivity index (χ3n) is 14.6. The molecule has 3 aromatic rings. The third-order valence-corrected chi connectivity index (χ3v) is 20.7. The van der Waals surface area contributed by atoms with Crippen LogP contribution in [0.3, 0.4) is 0 Å². The highest BCUT2D eigenvalue weighted by Gasteiger charge is 2.54. The van der Waals surface area contributed by atoms with Gasteiger partial charge in [0, 0.05) is 56.7 Å². The number of nitrogens with one attached hydrogen (secondary N) is 3. The number of halogens is 4. The first-order valence-corrected chi connectivity index (χ1v) is 27.8. The zero-order valence-electron chi connectivity index (χ0n) is 42.6. The van der Waals surface area contributed by atoms with Gasteiger partial charge in [-0.05, 0) is 43.6 Å². The van der Waals surface area contributed by atoms with Gasteiger partial charge < -0.3 is 19.3 Å². The first-order valence-electron chi connectivity index (χ1n) is 23.7. The van der Waals surface area contributed by atoms with E-state index >= 15 is 0 Å². The molecule has 0 saturated carbocycles. The lowest BCUT2D eigenvalue weighted by molar-refractivity contribution is -0.107. The van der Waals surface area contributed by atoms with Crippen LogP contribution < -0.4 is 33.7 Å². The van der Waals surface area contributed by atoms with Crippen LogP contribution >= 0.6 is 34.8 Å². The van der Waals surface area contributed by atoms with Crippen molar-refractivity contribution in [3.05, 3.63) is 99.3 Å². The molecule has 68 heavy (non-hydrogen) atoms. The molecular weight excluding hydrogens is 962 g/mol. The summed E-state index contributed by atoms with van der Waals surface area (Å²) in [5, 5.41) is 9.47. The van der Waals surface area contributed by atoms with Crippen molar-refractivity contribution in [1.82, 2.24) is 28.7 Å². The topological polar surface area (TPSA) is 212 Å². The van der Waals surface area contributed by atoms with Crippen LogP contribution in [0.4, 0.5) is 4.39 Å². The van der Waals surface area contributed by atoms with Crippen LogP contribution in [0.25, 0.3) is 0 Å². The number of H-pyrrole nitrogens is 3. The first kappa shape index (κ1) is 61.0. The molecule has 3 aliphatic heterocycles. The third kappa shape index (κ3) is 13.9. The summed E-state index contributed by atoms with van der Waals surface area (Å²) in [6.07, 6.45) is 5.98. The fourth-order valence-corrected chi connectivity index (χ4v) is 9.40. The Morgan fingerprint density at radius 1 is 0.618 bits per heavy atom. The summed E-state index contributed by atoms with van der Waals surface area (Å²) in [6.45, 7) is 30.3.